The van der Waals surface area contributed by atoms with Gasteiger partial charge < -0.3 is 4.18 Å². The van der Waals surface area contributed by atoms with Crippen LogP contribution in [0.1, 0.15) is 0 Å². The first-order valence-corrected chi connectivity index (χ1v) is 5.29. The van der Waals surface area contributed by atoms with Gasteiger partial charge in [-0.25, -0.2) is 0 Å². The summed E-state index contributed by atoms with van der Waals surface area (Å²) in [7, 11) is -4.06. The van der Waals surface area contributed by atoms with Gasteiger partial charge in [-0.2, -0.15) is 8.42 Å². The highest BCUT2D eigenvalue weighted by atomic mass is 35.5. The molecular formula is C6H5ClN2O5S. The van der Waals surface area contributed by atoms with Gasteiger partial charge in [-0.05, 0) is 23.9 Å². The quantitative estimate of drug-likeness (QED) is 0.489. The van der Waals surface area contributed by atoms with Crippen LogP contribution in [0.15, 0.2) is 24.3 Å². The lowest BCUT2D eigenvalue weighted by molar-refractivity contribution is -0.384. The number of rotatable bonds is 4. The molecule has 0 aliphatic heterocycles. The molecule has 0 aliphatic carbocycles. The molecule has 0 unspecified atom stereocenters. The third kappa shape index (κ3) is 3.35. The number of hydrogen-bond donors (Lipinski definition) is 1. The van der Waals surface area contributed by atoms with Crippen LogP contribution in [-0.4, -0.2) is 13.3 Å². The van der Waals surface area contributed by atoms with E-state index in [0.717, 1.165) is 24.3 Å². The molecule has 1 aromatic carbocycles. The number of hydrogen-bond acceptors (Lipinski definition) is 5. The number of non-ortho nitro benzene ring substituents is 1. The lowest BCUT2D eigenvalue weighted by atomic mass is 10.3. The molecule has 0 atom stereocenters. The Morgan fingerprint density at radius 2 is 1.87 bits per heavy atom. The molecule has 0 heterocycles. The molecule has 1 rings (SSSR count). The van der Waals surface area contributed by atoms with Gasteiger partial charge >= 0.3 is 10.3 Å². The molecule has 15 heavy (non-hydrogen) atoms. The maximum atomic E-state index is 10.8. The fourth-order valence-electron chi connectivity index (χ4n) is 0.766. The monoisotopic (exact) mass is 252 g/mol. The fraction of sp³-hybridized carbons (Fsp3) is 0. The van der Waals surface area contributed by atoms with Crippen molar-refractivity contribution >= 4 is 27.8 Å². The van der Waals surface area contributed by atoms with Crippen molar-refractivity contribution in [2.24, 2.45) is 0 Å². The van der Waals surface area contributed by atoms with E-state index < -0.39 is 15.2 Å². The lowest BCUT2D eigenvalue weighted by Crippen LogP contribution is -2.19. The number of nitrogens with one attached hydrogen (secondary N) is 1. The van der Waals surface area contributed by atoms with Crippen molar-refractivity contribution in [2.45, 2.75) is 0 Å². The minimum atomic E-state index is -4.06. The summed E-state index contributed by atoms with van der Waals surface area (Å²) in [5.41, 5.74) is -0.168. The van der Waals surface area contributed by atoms with Crippen LogP contribution in [0.5, 0.6) is 5.75 Å². The molecular weight excluding hydrogens is 248 g/mol. The maximum Gasteiger partial charge on any atom is 0.396 e. The van der Waals surface area contributed by atoms with Crippen LogP contribution in [0.3, 0.4) is 0 Å². The van der Waals surface area contributed by atoms with Crippen LogP contribution >= 0.6 is 11.8 Å². The molecule has 7 nitrogen and oxygen atoms in total. The predicted molar refractivity (Wildman–Crippen MR) is 51.6 cm³/mol. The molecule has 0 radical (unpaired) electrons. The third-order valence-corrected chi connectivity index (χ3v) is 2.52. The van der Waals surface area contributed by atoms with Crippen LogP contribution in [0.2, 0.25) is 0 Å². The molecule has 0 aliphatic rings. The summed E-state index contributed by atoms with van der Waals surface area (Å²) in [6.45, 7) is 0. The summed E-state index contributed by atoms with van der Waals surface area (Å²) in [6.07, 6.45) is 0. The Labute approximate surface area is 90.1 Å². The van der Waals surface area contributed by atoms with Gasteiger partial charge in [-0.3, -0.25) is 10.1 Å². The van der Waals surface area contributed by atoms with E-state index in [4.69, 9.17) is 11.8 Å². The van der Waals surface area contributed by atoms with Crippen LogP contribution in [-0.2, 0) is 10.3 Å². The van der Waals surface area contributed by atoms with Crippen molar-refractivity contribution in [3.8, 4) is 5.75 Å². The van der Waals surface area contributed by atoms with Crippen molar-refractivity contribution in [1.29, 1.82) is 0 Å². The Bertz CT molecular complexity index is 457. The molecule has 1 N–H and O–H groups in total. The van der Waals surface area contributed by atoms with E-state index in [1.54, 1.807) is 0 Å². The van der Waals surface area contributed by atoms with Gasteiger partial charge in [0.25, 0.3) is 5.69 Å². The van der Waals surface area contributed by atoms with E-state index in [1.807, 2.05) is 0 Å². The number of benzene rings is 1. The Hall–Kier alpha value is -1.38. The van der Waals surface area contributed by atoms with E-state index in [1.165, 1.54) is 4.24 Å². The number of nitrogens with zero attached hydrogens (tertiary/aromatic N) is 1. The largest absolute Gasteiger partial charge is 0.396 e. The summed E-state index contributed by atoms with van der Waals surface area (Å²) in [4.78, 5) is 9.65. The molecule has 0 bridgehead atoms. The number of nitro benzene ring substituents is 1. The van der Waals surface area contributed by atoms with Gasteiger partial charge in [-0.15, -0.1) is 0 Å². The minimum absolute atomic E-state index is 0.0752. The summed E-state index contributed by atoms with van der Waals surface area (Å²) in [5.74, 6) is -0.0752. The van der Waals surface area contributed by atoms with E-state index in [9.17, 15) is 18.5 Å². The van der Waals surface area contributed by atoms with Gasteiger partial charge in [0.1, 0.15) is 5.75 Å². The van der Waals surface area contributed by atoms with Crippen molar-refractivity contribution in [1.82, 2.24) is 4.24 Å². The van der Waals surface area contributed by atoms with Gasteiger partial charge in [0, 0.05) is 12.1 Å². The molecule has 82 valence electrons. The standard InChI is InChI=1S/C6H5ClN2O5S/c7-8-15(12,13)14-6-3-1-5(2-4-6)9(10)11/h1-4,8H. The van der Waals surface area contributed by atoms with Gasteiger partial charge in [0.2, 0.25) is 0 Å². The van der Waals surface area contributed by atoms with Gasteiger partial charge in [-0.1, -0.05) is 4.24 Å². The summed E-state index contributed by atoms with van der Waals surface area (Å²) in [6, 6.07) is 4.51. The lowest BCUT2D eigenvalue weighted by Gasteiger charge is -2.02. The molecule has 0 saturated carbocycles. The van der Waals surface area contributed by atoms with E-state index in [0.29, 0.717) is 0 Å². The number of nitro groups is 1. The Balaban J connectivity index is 2.86. The van der Waals surface area contributed by atoms with Gasteiger partial charge in [0.05, 0.1) is 4.92 Å². The third-order valence-electron chi connectivity index (χ3n) is 1.35. The Kier molecular flexibility index (Phi) is 3.45. The molecule has 9 heteroatoms. The van der Waals surface area contributed by atoms with Crippen molar-refractivity contribution < 1.29 is 17.5 Å². The first kappa shape index (κ1) is 11.7. The van der Waals surface area contributed by atoms with Crippen molar-refractivity contribution in [3.05, 3.63) is 34.4 Å². The SMILES string of the molecule is O=[N+]([O-])c1ccc(OS(=O)(=O)NCl)cc1. The number of halogens is 1. The summed E-state index contributed by atoms with van der Waals surface area (Å²) < 4.78 is 27.4. The Morgan fingerprint density at radius 1 is 1.33 bits per heavy atom. The topological polar surface area (TPSA) is 98.5 Å². The molecule has 0 aromatic heterocycles. The van der Waals surface area contributed by atoms with Crippen molar-refractivity contribution in [2.75, 3.05) is 0 Å². The normalized spacial score (nSPS) is 11.0. The second-order valence-electron chi connectivity index (χ2n) is 2.37. The highest BCUT2D eigenvalue weighted by Gasteiger charge is 2.11. The van der Waals surface area contributed by atoms with E-state index in [2.05, 4.69) is 4.18 Å². The Morgan fingerprint density at radius 3 is 2.27 bits per heavy atom. The second-order valence-corrected chi connectivity index (χ2v) is 4.06. The molecule has 0 saturated heterocycles. The molecule has 0 spiro atoms. The van der Waals surface area contributed by atoms with Gasteiger partial charge in [0.15, 0.2) is 0 Å². The average molecular weight is 253 g/mol. The van der Waals surface area contributed by atoms with E-state index >= 15 is 0 Å². The predicted octanol–water partition coefficient (Wildman–Crippen LogP) is 0.962. The maximum absolute atomic E-state index is 10.8. The zero-order valence-corrected chi connectivity index (χ0v) is 8.66. The van der Waals surface area contributed by atoms with Crippen molar-refractivity contribution in [3.63, 3.8) is 0 Å². The second kappa shape index (κ2) is 4.43. The van der Waals surface area contributed by atoms with Crippen LogP contribution in [0, 0.1) is 10.1 Å². The smallest absolute Gasteiger partial charge is 0.370 e. The van der Waals surface area contributed by atoms with Crippen LogP contribution < -0.4 is 8.42 Å². The minimum Gasteiger partial charge on any atom is -0.370 e. The highest BCUT2D eigenvalue weighted by molar-refractivity contribution is 7.86. The molecule has 0 amide bonds. The zero-order chi connectivity index (χ0) is 11.5. The molecule has 0 fully saturated rings. The van der Waals surface area contributed by atoms with Crippen LogP contribution in [0.25, 0.3) is 0 Å². The highest BCUT2D eigenvalue weighted by Crippen LogP contribution is 2.18. The first-order valence-electron chi connectivity index (χ1n) is 3.51. The molecule has 1 aromatic rings. The fourth-order valence-corrected chi connectivity index (χ4v) is 1.26. The summed E-state index contributed by atoms with van der Waals surface area (Å²) >= 11 is 4.85. The van der Waals surface area contributed by atoms with Crippen LogP contribution in [0.4, 0.5) is 5.69 Å². The average Bonchev–Trinajstić information content (AvgIpc) is 2.18. The summed E-state index contributed by atoms with van der Waals surface area (Å²) in [5, 5.41) is 10.3. The first-order chi connectivity index (χ1) is 6.94. The zero-order valence-electron chi connectivity index (χ0n) is 7.08. The van der Waals surface area contributed by atoms with E-state index in [-0.39, 0.29) is 11.4 Å².